The van der Waals surface area contributed by atoms with Gasteiger partial charge in [0.05, 0.1) is 5.69 Å². The molecule has 2 rings (SSSR count). The van der Waals surface area contributed by atoms with Gasteiger partial charge in [0.25, 0.3) is 5.56 Å². The van der Waals surface area contributed by atoms with E-state index in [0.29, 0.717) is 10.7 Å². The lowest BCUT2D eigenvalue weighted by atomic mass is 10.1. The zero-order chi connectivity index (χ0) is 12.3. The summed E-state index contributed by atoms with van der Waals surface area (Å²) in [4.78, 5) is 18.7. The van der Waals surface area contributed by atoms with E-state index in [0.717, 1.165) is 24.2 Å². The molecule has 0 amide bonds. The molecule has 2 aromatic rings. The van der Waals surface area contributed by atoms with Crippen molar-refractivity contribution in [1.82, 2.24) is 9.97 Å². The second-order valence-corrected chi connectivity index (χ2v) is 4.27. The number of aromatic nitrogens is 2. The molecule has 0 atom stereocenters. The Morgan fingerprint density at radius 3 is 2.65 bits per heavy atom. The van der Waals surface area contributed by atoms with Gasteiger partial charge in [-0.15, -0.1) is 0 Å². The van der Waals surface area contributed by atoms with Crippen LogP contribution in [0.25, 0.3) is 11.3 Å². The smallest absolute Gasteiger partial charge is 0.251 e. The van der Waals surface area contributed by atoms with Gasteiger partial charge in [0.2, 0.25) is 0 Å². The third-order valence-electron chi connectivity index (χ3n) is 2.42. The van der Waals surface area contributed by atoms with Gasteiger partial charge in [-0.1, -0.05) is 30.7 Å². The average molecular weight is 249 g/mol. The van der Waals surface area contributed by atoms with Gasteiger partial charge >= 0.3 is 0 Å². The minimum absolute atomic E-state index is 0.117. The van der Waals surface area contributed by atoms with E-state index in [1.807, 2.05) is 12.1 Å². The molecule has 1 N–H and O–H groups in total. The van der Waals surface area contributed by atoms with Crippen LogP contribution in [-0.4, -0.2) is 9.97 Å². The number of hydrogen-bond acceptors (Lipinski definition) is 2. The zero-order valence-corrected chi connectivity index (χ0v) is 10.3. The predicted octanol–water partition coefficient (Wildman–Crippen LogP) is 3.04. The van der Waals surface area contributed by atoms with E-state index in [1.165, 1.54) is 6.07 Å². The van der Waals surface area contributed by atoms with E-state index < -0.39 is 0 Å². The number of aromatic amines is 1. The average Bonchev–Trinajstić information content (AvgIpc) is 2.29. The number of halogens is 1. The summed E-state index contributed by atoms with van der Waals surface area (Å²) in [6.45, 7) is 2.05. The molecule has 0 aliphatic rings. The maximum atomic E-state index is 11.5. The number of nitrogens with one attached hydrogen (secondary N) is 1. The normalized spacial score (nSPS) is 10.5. The number of hydrogen-bond donors (Lipinski definition) is 1. The molecule has 17 heavy (non-hydrogen) atoms. The molecule has 1 heterocycles. The van der Waals surface area contributed by atoms with Crippen molar-refractivity contribution in [2.24, 2.45) is 0 Å². The number of rotatable bonds is 3. The fourth-order valence-corrected chi connectivity index (χ4v) is 1.76. The maximum absolute atomic E-state index is 11.5. The molecule has 0 saturated carbocycles. The maximum Gasteiger partial charge on any atom is 0.251 e. The van der Waals surface area contributed by atoms with E-state index >= 15 is 0 Å². The molecular weight excluding hydrogens is 236 g/mol. The Balaban J connectivity index is 2.44. The number of nitrogens with zero attached hydrogens (tertiary/aromatic N) is 1. The van der Waals surface area contributed by atoms with Crippen LogP contribution in [0.1, 0.15) is 19.2 Å². The third-order valence-corrected chi connectivity index (χ3v) is 2.67. The van der Waals surface area contributed by atoms with Gasteiger partial charge in [0.15, 0.2) is 0 Å². The van der Waals surface area contributed by atoms with E-state index in [4.69, 9.17) is 11.6 Å². The Hall–Kier alpha value is -1.61. The lowest BCUT2D eigenvalue weighted by molar-refractivity contribution is 0.828. The number of aryl methyl sites for hydroxylation is 1. The van der Waals surface area contributed by atoms with Crippen molar-refractivity contribution in [3.63, 3.8) is 0 Å². The Bertz CT molecular complexity index is 560. The van der Waals surface area contributed by atoms with Crippen molar-refractivity contribution in [3.8, 4) is 11.3 Å². The zero-order valence-electron chi connectivity index (χ0n) is 9.53. The van der Waals surface area contributed by atoms with Crippen LogP contribution in [0, 0.1) is 0 Å². The predicted molar refractivity (Wildman–Crippen MR) is 69.3 cm³/mol. The summed E-state index contributed by atoms with van der Waals surface area (Å²) in [7, 11) is 0. The van der Waals surface area contributed by atoms with Crippen LogP contribution in [-0.2, 0) is 6.42 Å². The molecule has 0 bridgehead atoms. The highest BCUT2D eigenvalue weighted by molar-refractivity contribution is 6.30. The Morgan fingerprint density at radius 2 is 2.00 bits per heavy atom. The van der Waals surface area contributed by atoms with Crippen LogP contribution in [0.3, 0.4) is 0 Å². The van der Waals surface area contributed by atoms with Crippen molar-refractivity contribution >= 4 is 11.6 Å². The fourth-order valence-electron chi connectivity index (χ4n) is 1.63. The Kier molecular flexibility index (Phi) is 3.59. The third kappa shape index (κ3) is 2.94. The van der Waals surface area contributed by atoms with Gasteiger partial charge in [-0.3, -0.25) is 4.79 Å². The van der Waals surface area contributed by atoms with Gasteiger partial charge in [0, 0.05) is 23.1 Å². The summed E-state index contributed by atoms with van der Waals surface area (Å²) in [6, 6.07) is 8.81. The summed E-state index contributed by atoms with van der Waals surface area (Å²) in [5, 5.41) is 0.673. The molecule has 3 nitrogen and oxygen atoms in total. The fraction of sp³-hybridized carbons (Fsp3) is 0.231. The summed E-state index contributed by atoms with van der Waals surface area (Å²) in [5.74, 6) is 0.727. The summed E-state index contributed by atoms with van der Waals surface area (Å²) in [6.07, 6.45) is 1.73. The Morgan fingerprint density at radius 1 is 1.29 bits per heavy atom. The molecule has 0 spiro atoms. The van der Waals surface area contributed by atoms with Gasteiger partial charge in [0.1, 0.15) is 5.82 Å². The summed E-state index contributed by atoms with van der Waals surface area (Å²) >= 11 is 5.82. The molecule has 0 aliphatic heterocycles. The minimum atomic E-state index is -0.117. The highest BCUT2D eigenvalue weighted by Crippen LogP contribution is 2.18. The minimum Gasteiger partial charge on any atom is -0.311 e. The number of H-pyrrole nitrogens is 1. The Labute approximate surface area is 104 Å². The second-order valence-electron chi connectivity index (χ2n) is 3.83. The molecule has 88 valence electrons. The van der Waals surface area contributed by atoms with Crippen molar-refractivity contribution < 1.29 is 0 Å². The molecule has 1 aromatic heterocycles. The molecule has 0 fully saturated rings. The monoisotopic (exact) mass is 248 g/mol. The van der Waals surface area contributed by atoms with Crippen molar-refractivity contribution in [2.75, 3.05) is 0 Å². The van der Waals surface area contributed by atoms with Crippen LogP contribution in [0.2, 0.25) is 5.02 Å². The second kappa shape index (κ2) is 5.15. The molecule has 0 radical (unpaired) electrons. The largest absolute Gasteiger partial charge is 0.311 e. The molecule has 1 aromatic carbocycles. The van der Waals surface area contributed by atoms with Crippen LogP contribution >= 0.6 is 11.6 Å². The highest BCUT2D eigenvalue weighted by Gasteiger charge is 2.03. The molecule has 0 aliphatic carbocycles. The SMILES string of the molecule is CCCc1nc(-c2ccc(Cl)cc2)cc(=O)[nH]1. The molecule has 0 saturated heterocycles. The van der Waals surface area contributed by atoms with E-state index in [9.17, 15) is 4.79 Å². The van der Waals surface area contributed by atoms with Crippen LogP contribution < -0.4 is 5.56 Å². The topological polar surface area (TPSA) is 45.8 Å². The first-order valence-electron chi connectivity index (χ1n) is 5.55. The van der Waals surface area contributed by atoms with Gasteiger partial charge in [-0.25, -0.2) is 4.98 Å². The highest BCUT2D eigenvalue weighted by atomic mass is 35.5. The lowest BCUT2D eigenvalue weighted by Gasteiger charge is -2.03. The van der Waals surface area contributed by atoms with E-state index in [2.05, 4.69) is 16.9 Å². The van der Waals surface area contributed by atoms with Gasteiger partial charge in [-0.2, -0.15) is 0 Å². The van der Waals surface area contributed by atoms with Crippen LogP contribution in [0.4, 0.5) is 0 Å². The lowest BCUT2D eigenvalue weighted by Crippen LogP contribution is -2.10. The molecule has 0 unspecified atom stereocenters. The van der Waals surface area contributed by atoms with Crippen LogP contribution in [0.5, 0.6) is 0 Å². The first-order valence-corrected chi connectivity index (χ1v) is 5.93. The van der Waals surface area contributed by atoms with Crippen molar-refractivity contribution in [3.05, 3.63) is 51.5 Å². The summed E-state index contributed by atoms with van der Waals surface area (Å²) in [5.41, 5.74) is 1.47. The van der Waals surface area contributed by atoms with Crippen LogP contribution in [0.15, 0.2) is 35.1 Å². The van der Waals surface area contributed by atoms with Gasteiger partial charge < -0.3 is 4.98 Å². The molecular formula is C13H13ClN2O. The first kappa shape index (κ1) is 11.9. The molecule has 4 heteroatoms. The summed E-state index contributed by atoms with van der Waals surface area (Å²) < 4.78 is 0. The first-order chi connectivity index (χ1) is 8.19. The van der Waals surface area contributed by atoms with E-state index in [1.54, 1.807) is 12.1 Å². The van der Waals surface area contributed by atoms with E-state index in [-0.39, 0.29) is 5.56 Å². The van der Waals surface area contributed by atoms with Gasteiger partial charge in [-0.05, 0) is 18.6 Å². The number of benzene rings is 1. The van der Waals surface area contributed by atoms with Crippen molar-refractivity contribution in [2.45, 2.75) is 19.8 Å². The standard InChI is InChI=1S/C13H13ClN2O/c1-2-3-12-15-11(8-13(17)16-12)9-4-6-10(14)7-5-9/h4-8H,2-3H2,1H3,(H,15,16,17). The quantitative estimate of drug-likeness (QED) is 0.908. The van der Waals surface area contributed by atoms with Crippen molar-refractivity contribution in [1.29, 1.82) is 0 Å².